The summed E-state index contributed by atoms with van der Waals surface area (Å²) in [4.78, 5) is 20.7. The van der Waals surface area contributed by atoms with Crippen LogP contribution in [-0.4, -0.2) is 64.0 Å². The van der Waals surface area contributed by atoms with Crippen molar-refractivity contribution < 1.29 is 0 Å². The van der Waals surface area contributed by atoms with Crippen LogP contribution in [-0.2, 0) is 5.54 Å². The molecule has 5 rings (SSSR count). The molecule has 4 aromatic rings. The number of nitrogens with zero attached hydrogens (tertiary/aromatic N) is 4. The van der Waals surface area contributed by atoms with E-state index in [0.29, 0.717) is 12.2 Å². The third kappa shape index (κ3) is 3.77. The fourth-order valence-electron chi connectivity index (χ4n) is 4.42. The molecule has 1 aliphatic rings. The molecule has 6 N–H and O–H groups in total. The highest BCUT2D eigenvalue weighted by molar-refractivity contribution is 6.02. The van der Waals surface area contributed by atoms with Gasteiger partial charge in [0.25, 0.3) is 0 Å². The number of H-pyrrole nitrogens is 2. The van der Waals surface area contributed by atoms with Gasteiger partial charge in [0.15, 0.2) is 5.82 Å². The van der Waals surface area contributed by atoms with Crippen molar-refractivity contribution >= 4 is 21.9 Å². The van der Waals surface area contributed by atoms with Gasteiger partial charge in [-0.25, -0.2) is 9.97 Å². The van der Waals surface area contributed by atoms with E-state index < -0.39 is 5.54 Å². The Balaban J connectivity index is 1.54. The maximum absolute atomic E-state index is 6.88. The number of allylic oxidation sites excluding steroid dienone is 1. The smallest absolute Gasteiger partial charge is 0.155 e. The first-order chi connectivity index (χ1) is 15.9. The molecular formula is C25H30N8. The summed E-state index contributed by atoms with van der Waals surface area (Å²) in [6, 6.07) is 10.2. The van der Waals surface area contributed by atoms with Gasteiger partial charge in [0, 0.05) is 66.5 Å². The van der Waals surface area contributed by atoms with Crippen molar-refractivity contribution in [1.29, 1.82) is 0 Å². The van der Waals surface area contributed by atoms with E-state index in [1.165, 1.54) is 0 Å². The van der Waals surface area contributed by atoms with Crippen molar-refractivity contribution in [1.82, 2.24) is 29.7 Å². The van der Waals surface area contributed by atoms with Crippen LogP contribution in [0.25, 0.3) is 33.2 Å². The Labute approximate surface area is 193 Å². The summed E-state index contributed by atoms with van der Waals surface area (Å²) in [7, 11) is 6.18. The first-order valence-corrected chi connectivity index (χ1v) is 11.1. The highest BCUT2D eigenvalue weighted by Gasteiger charge is 2.34. The van der Waals surface area contributed by atoms with Crippen molar-refractivity contribution in [2.45, 2.75) is 12.0 Å². The molecule has 3 aromatic heterocycles. The number of fused-ring (bicyclic) bond motifs is 2. The molecular weight excluding hydrogens is 412 g/mol. The summed E-state index contributed by atoms with van der Waals surface area (Å²) in [5, 5.41) is 2.07. The maximum atomic E-state index is 6.88. The second kappa shape index (κ2) is 8.06. The summed E-state index contributed by atoms with van der Waals surface area (Å²) in [6.07, 6.45) is 8.31. The van der Waals surface area contributed by atoms with Gasteiger partial charge < -0.3 is 31.2 Å². The van der Waals surface area contributed by atoms with Crippen LogP contribution in [0.5, 0.6) is 0 Å². The van der Waals surface area contributed by atoms with Crippen molar-refractivity contribution in [3.8, 4) is 11.3 Å². The molecule has 1 aromatic carbocycles. The van der Waals surface area contributed by atoms with E-state index in [0.717, 1.165) is 57.7 Å². The fraction of sp³-hybridized carbons (Fsp3) is 0.280. The molecule has 8 nitrogen and oxygen atoms in total. The summed E-state index contributed by atoms with van der Waals surface area (Å²) in [5.74, 6) is 0.548. The van der Waals surface area contributed by atoms with Gasteiger partial charge in [-0.15, -0.1) is 0 Å². The molecule has 1 atom stereocenters. The minimum absolute atomic E-state index is 0.449. The van der Waals surface area contributed by atoms with Gasteiger partial charge in [-0.05, 0) is 32.3 Å². The summed E-state index contributed by atoms with van der Waals surface area (Å²) < 4.78 is 0. The molecule has 0 bridgehead atoms. The lowest BCUT2D eigenvalue weighted by Gasteiger charge is -2.33. The van der Waals surface area contributed by atoms with E-state index in [1.54, 1.807) is 0 Å². The van der Waals surface area contributed by atoms with Gasteiger partial charge in [-0.3, -0.25) is 0 Å². The predicted octanol–water partition coefficient (Wildman–Crippen LogP) is 2.88. The van der Waals surface area contributed by atoms with Crippen LogP contribution < -0.4 is 11.5 Å². The topological polar surface area (TPSA) is 116 Å². The standard InChI is InChI=1S/C25H30N8/c1-32(2)12-13-33(3)21-8-10-25(27,14-19(21)26)24-30-22(17-9-11-28-23(17)31-24)18-15-29-20-7-5-4-6-16(18)20/h4-11,15,29H,12-14,26-27H2,1-3H3,(H,28,30,31). The lowest BCUT2D eigenvalue weighted by Crippen LogP contribution is -2.41. The quantitative estimate of drug-likeness (QED) is 0.365. The van der Waals surface area contributed by atoms with Gasteiger partial charge in [0.05, 0.1) is 11.4 Å². The zero-order valence-corrected chi connectivity index (χ0v) is 19.3. The third-order valence-corrected chi connectivity index (χ3v) is 6.32. The molecule has 0 radical (unpaired) electrons. The van der Waals surface area contributed by atoms with Gasteiger partial charge in [0.1, 0.15) is 11.2 Å². The Morgan fingerprint density at radius 1 is 1.03 bits per heavy atom. The van der Waals surface area contributed by atoms with Crippen molar-refractivity contribution in [2.24, 2.45) is 11.5 Å². The Morgan fingerprint density at radius 3 is 2.64 bits per heavy atom. The number of likely N-dealkylation sites (N-methyl/N-ethyl adjacent to an activating group) is 2. The second-order valence-corrected chi connectivity index (χ2v) is 9.07. The lowest BCUT2D eigenvalue weighted by molar-refractivity contribution is 0.325. The Bertz CT molecular complexity index is 1380. The zero-order valence-electron chi connectivity index (χ0n) is 19.3. The molecule has 170 valence electrons. The maximum Gasteiger partial charge on any atom is 0.155 e. The second-order valence-electron chi connectivity index (χ2n) is 9.07. The van der Waals surface area contributed by atoms with Crippen LogP contribution in [0.2, 0.25) is 0 Å². The molecule has 0 saturated heterocycles. The minimum Gasteiger partial charge on any atom is -0.400 e. The van der Waals surface area contributed by atoms with Crippen LogP contribution in [0.1, 0.15) is 12.2 Å². The number of aromatic nitrogens is 4. The number of aromatic amines is 2. The highest BCUT2D eigenvalue weighted by atomic mass is 15.2. The van der Waals surface area contributed by atoms with Crippen LogP contribution >= 0.6 is 0 Å². The Hall–Kier alpha value is -3.62. The Morgan fingerprint density at radius 2 is 1.85 bits per heavy atom. The summed E-state index contributed by atoms with van der Waals surface area (Å²) >= 11 is 0. The number of hydrogen-bond donors (Lipinski definition) is 4. The molecule has 0 aliphatic heterocycles. The number of para-hydroxylation sites is 1. The van der Waals surface area contributed by atoms with E-state index in [1.807, 2.05) is 42.7 Å². The average molecular weight is 443 g/mol. The van der Waals surface area contributed by atoms with Crippen LogP contribution in [0.4, 0.5) is 0 Å². The number of hydrogen-bond acceptors (Lipinski definition) is 6. The van der Waals surface area contributed by atoms with Crippen molar-refractivity contribution in [3.63, 3.8) is 0 Å². The SMILES string of the molecule is CN(C)CCN(C)C1=C(N)CC(N)(c2nc(-c3c[nH]c4ccccc34)c3cc[nH]c3n2)C=C1. The number of benzene rings is 1. The minimum atomic E-state index is -0.893. The van der Waals surface area contributed by atoms with Crippen molar-refractivity contribution in [3.05, 3.63) is 72.1 Å². The average Bonchev–Trinajstić information content (AvgIpc) is 3.44. The van der Waals surface area contributed by atoms with Crippen molar-refractivity contribution in [2.75, 3.05) is 34.2 Å². The van der Waals surface area contributed by atoms with Crippen LogP contribution in [0, 0.1) is 0 Å². The summed E-state index contributed by atoms with van der Waals surface area (Å²) in [6.45, 7) is 1.82. The van der Waals surface area contributed by atoms with Gasteiger partial charge in [-0.2, -0.15) is 0 Å². The Kier molecular flexibility index (Phi) is 5.19. The largest absolute Gasteiger partial charge is 0.400 e. The molecule has 0 amide bonds. The molecule has 1 aliphatic carbocycles. The van der Waals surface area contributed by atoms with Crippen LogP contribution in [0.15, 0.2) is 66.3 Å². The van der Waals surface area contributed by atoms with E-state index in [9.17, 15) is 0 Å². The summed E-state index contributed by atoms with van der Waals surface area (Å²) in [5.41, 5.74) is 17.9. The van der Waals surface area contributed by atoms with Gasteiger partial charge in [-0.1, -0.05) is 24.3 Å². The molecule has 8 heteroatoms. The number of nitrogens with two attached hydrogens (primary N) is 2. The zero-order chi connectivity index (χ0) is 23.2. The molecule has 1 unspecified atom stereocenters. The fourth-order valence-corrected chi connectivity index (χ4v) is 4.42. The third-order valence-electron chi connectivity index (χ3n) is 6.32. The highest BCUT2D eigenvalue weighted by Crippen LogP contribution is 2.36. The van der Waals surface area contributed by atoms with E-state index >= 15 is 0 Å². The molecule has 33 heavy (non-hydrogen) atoms. The molecule has 0 fully saturated rings. The first kappa shape index (κ1) is 21.2. The molecule has 0 spiro atoms. The monoisotopic (exact) mass is 442 g/mol. The van der Waals surface area contributed by atoms with E-state index in [4.69, 9.17) is 21.4 Å². The lowest BCUT2D eigenvalue weighted by atomic mass is 9.87. The predicted molar refractivity (Wildman–Crippen MR) is 133 cm³/mol. The molecule has 0 saturated carbocycles. The van der Waals surface area contributed by atoms with E-state index in [2.05, 4.69) is 53.0 Å². The van der Waals surface area contributed by atoms with Gasteiger partial charge >= 0.3 is 0 Å². The van der Waals surface area contributed by atoms with Gasteiger partial charge in [0.2, 0.25) is 0 Å². The normalized spacial score (nSPS) is 18.7. The number of nitrogens with one attached hydrogen (secondary N) is 2. The van der Waals surface area contributed by atoms with Crippen LogP contribution in [0.3, 0.4) is 0 Å². The number of rotatable bonds is 6. The first-order valence-electron chi connectivity index (χ1n) is 11.1. The molecule has 3 heterocycles. The van der Waals surface area contributed by atoms with E-state index in [-0.39, 0.29) is 0 Å².